The molecule has 0 aliphatic carbocycles. The van der Waals surface area contributed by atoms with Crippen LogP contribution < -0.4 is 0 Å². The van der Waals surface area contributed by atoms with E-state index in [4.69, 9.17) is 11.6 Å². The van der Waals surface area contributed by atoms with Gasteiger partial charge in [0, 0.05) is 11.6 Å². The molecule has 1 aliphatic heterocycles. The first-order valence-corrected chi connectivity index (χ1v) is 7.75. The van der Waals surface area contributed by atoms with Crippen LogP contribution in [0.25, 0.3) is 0 Å². The molecule has 1 saturated heterocycles. The molecular weight excluding hydrogens is 298 g/mol. The van der Waals surface area contributed by atoms with Crippen molar-refractivity contribution in [2.75, 3.05) is 13.1 Å². The number of rotatable bonds is 3. The first-order chi connectivity index (χ1) is 10.6. The Kier molecular flexibility index (Phi) is 4.19. The SMILES string of the molecule is O=C(Cc1cccc(Cl)c1)N1CC[C@@](O)(c2ccccc2)C1. The standard InChI is InChI=1S/C18H18ClNO2/c19-16-8-4-5-14(11-16)12-17(21)20-10-9-18(22,13-20)15-6-2-1-3-7-15/h1-8,11,22H,9-10,12-13H2/t18-/m0/s1. The zero-order chi connectivity index (χ0) is 15.6. The Morgan fingerprint density at radius 1 is 1.18 bits per heavy atom. The van der Waals surface area contributed by atoms with Crippen molar-refractivity contribution in [3.8, 4) is 0 Å². The lowest BCUT2D eigenvalue weighted by molar-refractivity contribution is -0.130. The minimum absolute atomic E-state index is 0.0223. The van der Waals surface area contributed by atoms with E-state index in [1.807, 2.05) is 42.5 Å². The van der Waals surface area contributed by atoms with E-state index in [1.54, 1.807) is 17.0 Å². The fraction of sp³-hybridized carbons (Fsp3) is 0.278. The summed E-state index contributed by atoms with van der Waals surface area (Å²) in [5, 5.41) is 11.4. The minimum Gasteiger partial charge on any atom is -0.383 e. The highest BCUT2D eigenvalue weighted by molar-refractivity contribution is 6.30. The molecule has 1 heterocycles. The van der Waals surface area contributed by atoms with Crippen LogP contribution in [-0.2, 0) is 16.8 Å². The molecule has 1 fully saturated rings. The van der Waals surface area contributed by atoms with Gasteiger partial charge in [0.1, 0.15) is 5.60 Å². The second kappa shape index (κ2) is 6.11. The summed E-state index contributed by atoms with van der Waals surface area (Å²) in [5.74, 6) is 0.0223. The van der Waals surface area contributed by atoms with Crippen LogP contribution in [0.3, 0.4) is 0 Å². The summed E-state index contributed by atoms with van der Waals surface area (Å²) in [4.78, 5) is 14.1. The maximum Gasteiger partial charge on any atom is 0.227 e. The van der Waals surface area contributed by atoms with Gasteiger partial charge >= 0.3 is 0 Å². The summed E-state index contributed by atoms with van der Waals surface area (Å²) in [6.07, 6.45) is 0.879. The number of likely N-dealkylation sites (tertiary alicyclic amines) is 1. The van der Waals surface area contributed by atoms with Gasteiger partial charge in [-0.1, -0.05) is 54.1 Å². The van der Waals surface area contributed by atoms with Gasteiger partial charge in [-0.2, -0.15) is 0 Å². The third-order valence-electron chi connectivity index (χ3n) is 4.16. The molecule has 0 bridgehead atoms. The number of nitrogens with zero attached hydrogens (tertiary/aromatic N) is 1. The molecule has 1 aliphatic rings. The van der Waals surface area contributed by atoms with Gasteiger partial charge in [0.2, 0.25) is 5.91 Å². The molecule has 4 heteroatoms. The van der Waals surface area contributed by atoms with E-state index in [0.29, 0.717) is 31.0 Å². The van der Waals surface area contributed by atoms with Gasteiger partial charge in [0.25, 0.3) is 0 Å². The molecule has 2 aromatic rings. The van der Waals surface area contributed by atoms with Crippen LogP contribution in [0.5, 0.6) is 0 Å². The molecule has 0 spiro atoms. The van der Waals surface area contributed by atoms with Crippen molar-refractivity contribution in [3.63, 3.8) is 0 Å². The van der Waals surface area contributed by atoms with Crippen LogP contribution >= 0.6 is 11.6 Å². The average Bonchev–Trinajstić information content (AvgIpc) is 2.92. The van der Waals surface area contributed by atoms with Gasteiger partial charge in [-0.05, 0) is 29.7 Å². The Balaban J connectivity index is 1.68. The predicted octanol–water partition coefficient (Wildman–Crippen LogP) is 3.00. The largest absolute Gasteiger partial charge is 0.383 e. The number of aliphatic hydroxyl groups is 1. The molecule has 0 saturated carbocycles. The van der Waals surface area contributed by atoms with E-state index in [0.717, 1.165) is 11.1 Å². The fourth-order valence-electron chi connectivity index (χ4n) is 2.92. The average molecular weight is 316 g/mol. The lowest BCUT2D eigenvalue weighted by atomic mass is 9.93. The van der Waals surface area contributed by atoms with Crippen LogP contribution in [0.2, 0.25) is 5.02 Å². The first kappa shape index (κ1) is 15.1. The lowest BCUT2D eigenvalue weighted by Gasteiger charge is -2.24. The Hall–Kier alpha value is -1.84. The quantitative estimate of drug-likeness (QED) is 0.946. The first-order valence-electron chi connectivity index (χ1n) is 7.37. The highest BCUT2D eigenvalue weighted by Gasteiger charge is 2.39. The van der Waals surface area contributed by atoms with Crippen LogP contribution in [0, 0.1) is 0 Å². The molecule has 1 N–H and O–H groups in total. The minimum atomic E-state index is -0.939. The smallest absolute Gasteiger partial charge is 0.227 e. The summed E-state index contributed by atoms with van der Waals surface area (Å²) in [7, 11) is 0. The molecule has 22 heavy (non-hydrogen) atoms. The van der Waals surface area contributed by atoms with E-state index in [-0.39, 0.29) is 5.91 Å². The van der Waals surface area contributed by atoms with Crippen molar-refractivity contribution >= 4 is 17.5 Å². The van der Waals surface area contributed by atoms with E-state index >= 15 is 0 Å². The third-order valence-corrected chi connectivity index (χ3v) is 4.39. The van der Waals surface area contributed by atoms with Crippen LogP contribution in [0.4, 0.5) is 0 Å². The normalized spacial score (nSPS) is 21.1. The van der Waals surface area contributed by atoms with Crippen molar-refractivity contribution in [2.24, 2.45) is 0 Å². The summed E-state index contributed by atoms with van der Waals surface area (Å²) in [6, 6.07) is 16.9. The molecule has 1 amide bonds. The van der Waals surface area contributed by atoms with Crippen LogP contribution in [0.15, 0.2) is 54.6 Å². The highest BCUT2D eigenvalue weighted by atomic mass is 35.5. The third kappa shape index (κ3) is 3.16. The molecule has 0 aromatic heterocycles. The number of carbonyl (C=O) groups excluding carboxylic acids is 1. The zero-order valence-corrected chi connectivity index (χ0v) is 13.0. The van der Waals surface area contributed by atoms with Gasteiger partial charge in [-0.25, -0.2) is 0 Å². The van der Waals surface area contributed by atoms with E-state index < -0.39 is 5.60 Å². The molecule has 0 unspecified atom stereocenters. The molecular formula is C18H18ClNO2. The number of hydrogen-bond donors (Lipinski definition) is 1. The molecule has 3 nitrogen and oxygen atoms in total. The predicted molar refractivity (Wildman–Crippen MR) is 86.7 cm³/mol. The Labute approximate surface area is 135 Å². The van der Waals surface area contributed by atoms with Crippen molar-refractivity contribution in [2.45, 2.75) is 18.4 Å². The number of benzene rings is 2. The summed E-state index contributed by atoms with van der Waals surface area (Å²) >= 11 is 5.95. The summed E-state index contributed by atoms with van der Waals surface area (Å²) in [6.45, 7) is 0.918. The molecule has 3 rings (SSSR count). The van der Waals surface area contributed by atoms with Crippen molar-refractivity contribution in [1.29, 1.82) is 0 Å². The highest BCUT2D eigenvalue weighted by Crippen LogP contribution is 2.32. The van der Waals surface area contributed by atoms with Gasteiger partial charge in [0.15, 0.2) is 0 Å². The second-order valence-electron chi connectivity index (χ2n) is 5.77. The van der Waals surface area contributed by atoms with E-state index in [9.17, 15) is 9.90 Å². The van der Waals surface area contributed by atoms with Crippen LogP contribution in [0.1, 0.15) is 17.5 Å². The molecule has 2 aromatic carbocycles. The monoisotopic (exact) mass is 315 g/mol. The van der Waals surface area contributed by atoms with Crippen molar-refractivity contribution in [3.05, 3.63) is 70.7 Å². The Morgan fingerprint density at radius 2 is 1.95 bits per heavy atom. The molecule has 0 radical (unpaired) electrons. The maximum atomic E-state index is 12.4. The van der Waals surface area contributed by atoms with Gasteiger partial charge in [-0.15, -0.1) is 0 Å². The van der Waals surface area contributed by atoms with E-state index in [2.05, 4.69) is 0 Å². The fourth-order valence-corrected chi connectivity index (χ4v) is 3.14. The van der Waals surface area contributed by atoms with E-state index in [1.165, 1.54) is 0 Å². The topological polar surface area (TPSA) is 40.5 Å². The number of carbonyl (C=O) groups is 1. The lowest BCUT2D eigenvalue weighted by Crippen LogP contribution is -2.35. The second-order valence-corrected chi connectivity index (χ2v) is 6.21. The van der Waals surface area contributed by atoms with Crippen molar-refractivity contribution in [1.82, 2.24) is 4.90 Å². The zero-order valence-electron chi connectivity index (χ0n) is 12.2. The number of hydrogen-bond acceptors (Lipinski definition) is 2. The number of amides is 1. The van der Waals surface area contributed by atoms with Crippen LogP contribution in [-0.4, -0.2) is 29.0 Å². The molecule has 1 atom stereocenters. The summed E-state index contributed by atoms with van der Waals surface area (Å²) < 4.78 is 0. The van der Waals surface area contributed by atoms with Gasteiger partial charge < -0.3 is 10.0 Å². The van der Waals surface area contributed by atoms with Crippen molar-refractivity contribution < 1.29 is 9.90 Å². The number of β-amino-alcohol motifs (C(OH)–C–C–N with tert-alkyl or cyclic N) is 1. The number of halogens is 1. The Bertz CT molecular complexity index is 674. The van der Waals surface area contributed by atoms with Gasteiger partial charge in [-0.3, -0.25) is 4.79 Å². The Morgan fingerprint density at radius 3 is 2.68 bits per heavy atom. The molecule has 114 valence electrons. The van der Waals surface area contributed by atoms with Gasteiger partial charge in [0.05, 0.1) is 13.0 Å². The summed E-state index contributed by atoms with van der Waals surface area (Å²) in [5.41, 5.74) is 0.825. The maximum absolute atomic E-state index is 12.4.